The fraction of sp³-hybridized carbons (Fsp3) is 0.190. The van der Waals surface area contributed by atoms with Gasteiger partial charge in [0.2, 0.25) is 0 Å². The molecule has 0 unspecified atom stereocenters. The number of nitrogens with one attached hydrogen (secondary N) is 1. The van der Waals surface area contributed by atoms with Gasteiger partial charge in [0.25, 0.3) is 0 Å². The van der Waals surface area contributed by atoms with Gasteiger partial charge in [-0.3, -0.25) is 14.9 Å². The van der Waals surface area contributed by atoms with Crippen molar-refractivity contribution in [2.45, 2.75) is 12.8 Å². The number of anilines is 1. The van der Waals surface area contributed by atoms with Crippen molar-refractivity contribution < 1.29 is 9.90 Å². The monoisotopic (exact) mass is 360 g/mol. The van der Waals surface area contributed by atoms with Crippen LogP contribution in [-0.2, 0) is 0 Å². The van der Waals surface area contributed by atoms with E-state index in [-0.39, 0.29) is 19.2 Å². The number of benzene rings is 1. The summed E-state index contributed by atoms with van der Waals surface area (Å²) < 4.78 is 0. The maximum absolute atomic E-state index is 13.0. The van der Waals surface area contributed by atoms with Gasteiger partial charge in [0.1, 0.15) is 0 Å². The Balaban J connectivity index is 1.74. The Morgan fingerprint density at radius 1 is 1.22 bits per heavy atom. The average Bonchev–Trinajstić information content (AvgIpc) is 2.72. The highest BCUT2D eigenvalue weighted by atomic mass is 16.3. The lowest BCUT2D eigenvalue weighted by atomic mass is 10.1. The van der Waals surface area contributed by atoms with Gasteiger partial charge < -0.3 is 10.4 Å². The molecule has 0 radical (unpaired) electrons. The first-order valence-electron chi connectivity index (χ1n) is 8.95. The fourth-order valence-electron chi connectivity index (χ4n) is 3.33. The van der Waals surface area contributed by atoms with Crippen LogP contribution in [0.1, 0.15) is 12.8 Å². The molecule has 2 N–H and O–H groups in total. The first-order chi connectivity index (χ1) is 13.3. The molecule has 0 fully saturated rings. The van der Waals surface area contributed by atoms with Crippen LogP contribution in [0, 0.1) is 0 Å². The SMILES string of the molecule is O=C(Nc1cc2ccncc2c2ncccc12)N(CCO)C1=CCCC=C1. The van der Waals surface area contributed by atoms with Gasteiger partial charge in [-0.05, 0) is 48.6 Å². The Bertz CT molecular complexity index is 1060. The molecule has 3 aromatic rings. The molecular formula is C21H20N4O2. The molecule has 0 saturated heterocycles. The summed E-state index contributed by atoms with van der Waals surface area (Å²) in [6.07, 6.45) is 13.1. The minimum Gasteiger partial charge on any atom is -0.395 e. The zero-order valence-corrected chi connectivity index (χ0v) is 14.8. The summed E-state index contributed by atoms with van der Waals surface area (Å²) in [5, 5.41) is 15.2. The first-order valence-corrected chi connectivity index (χ1v) is 8.95. The zero-order chi connectivity index (χ0) is 18.6. The third kappa shape index (κ3) is 3.39. The topological polar surface area (TPSA) is 78.4 Å². The number of aliphatic hydroxyl groups is 1. The number of aliphatic hydroxyl groups excluding tert-OH is 1. The molecule has 136 valence electrons. The molecule has 1 aliphatic carbocycles. The van der Waals surface area contributed by atoms with Gasteiger partial charge in [0.05, 0.1) is 24.4 Å². The number of fused-ring (bicyclic) bond motifs is 3. The maximum Gasteiger partial charge on any atom is 0.326 e. The molecule has 2 amide bonds. The van der Waals surface area contributed by atoms with Crippen molar-refractivity contribution in [3.05, 3.63) is 66.8 Å². The molecular weight excluding hydrogens is 340 g/mol. The van der Waals surface area contributed by atoms with Crippen LogP contribution in [0.3, 0.4) is 0 Å². The molecule has 2 aromatic heterocycles. The van der Waals surface area contributed by atoms with Crippen LogP contribution < -0.4 is 5.32 Å². The second-order valence-corrected chi connectivity index (χ2v) is 6.33. The Morgan fingerprint density at radius 3 is 2.96 bits per heavy atom. The molecule has 6 nitrogen and oxygen atoms in total. The molecule has 4 rings (SSSR count). The van der Waals surface area contributed by atoms with Gasteiger partial charge in [-0.2, -0.15) is 0 Å². The van der Waals surface area contributed by atoms with Crippen LogP contribution in [0.15, 0.2) is 66.8 Å². The van der Waals surface area contributed by atoms with E-state index in [0.29, 0.717) is 5.69 Å². The summed E-state index contributed by atoms with van der Waals surface area (Å²) in [5.41, 5.74) is 2.29. The number of nitrogens with zero attached hydrogens (tertiary/aromatic N) is 3. The average molecular weight is 360 g/mol. The highest BCUT2D eigenvalue weighted by Gasteiger charge is 2.18. The highest BCUT2D eigenvalue weighted by molar-refractivity contribution is 6.13. The number of rotatable bonds is 4. The van der Waals surface area contributed by atoms with Crippen molar-refractivity contribution in [1.29, 1.82) is 0 Å². The van der Waals surface area contributed by atoms with Crippen LogP contribution in [0.25, 0.3) is 21.7 Å². The second kappa shape index (κ2) is 7.55. The van der Waals surface area contributed by atoms with Crippen molar-refractivity contribution in [2.75, 3.05) is 18.5 Å². The molecule has 0 saturated carbocycles. The van der Waals surface area contributed by atoms with Crippen molar-refractivity contribution in [3.63, 3.8) is 0 Å². The third-order valence-corrected chi connectivity index (χ3v) is 4.61. The molecule has 27 heavy (non-hydrogen) atoms. The number of pyridine rings is 2. The molecule has 6 heteroatoms. The van der Waals surface area contributed by atoms with E-state index in [0.717, 1.165) is 40.2 Å². The van der Waals surface area contributed by atoms with Crippen molar-refractivity contribution in [3.8, 4) is 0 Å². The third-order valence-electron chi connectivity index (χ3n) is 4.61. The Morgan fingerprint density at radius 2 is 2.15 bits per heavy atom. The lowest BCUT2D eigenvalue weighted by molar-refractivity contribution is 0.206. The lowest BCUT2D eigenvalue weighted by Crippen LogP contribution is -2.36. The molecule has 1 aliphatic rings. The Kier molecular flexibility index (Phi) is 4.80. The van der Waals surface area contributed by atoms with E-state index in [9.17, 15) is 9.90 Å². The minimum atomic E-state index is -0.277. The van der Waals surface area contributed by atoms with Crippen molar-refractivity contribution in [1.82, 2.24) is 14.9 Å². The quantitative estimate of drug-likeness (QED) is 0.693. The summed E-state index contributed by atoms with van der Waals surface area (Å²) in [5.74, 6) is 0. The van der Waals surface area contributed by atoms with E-state index >= 15 is 0 Å². The number of hydrogen-bond donors (Lipinski definition) is 2. The zero-order valence-electron chi connectivity index (χ0n) is 14.8. The Hall–Kier alpha value is -3.25. The van der Waals surface area contributed by atoms with E-state index in [4.69, 9.17) is 0 Å². The smallest absolute Gasteiger partial charge is 0.326 e. The molecule has 0 atom stereocenters. The molecule has 0 spiro atoms. The Labute approximate surface area is 156 Å². The number of carbonyl (C=O) groups excluding carboxylic acids is 1. The van der Waals surface area contributed by atoms with E-state index < -0.39 is 0 Å². The fourth-order valence-corrected chi connectivity index (χ4v) is 3.33. The predicted molar refractivity (Wildman–Crippen MR) is 106 cm³/mol. The van der Waals surface area contributed by atoms with Gasteiger partial charge in [0.15, 0.2) is 0 Å². The van der Waals surface area contributed by atoms with E-state index in [1.54, 1.807) is 23.5 Å². The number of carbonyl (C=O) groups is 1. The standard InChI is InChI=1S/C21H20N4O2/c26-12-11-25(16-5-2-1-3-6-16)21(27)24-19-13-15-8-10-22-14-18(15)20-17(19)7-4-9-23-20/h2,4-10,13-14,26H,1,3,11-12H2,(H,24,27). The summed E-state index contributed by atoms with van der Waals surface area (Å²) in [4.78, 5) is 23.2. The summed E-state index contributed by atoms with van der Waals surface area (Å²) >= 11 is 0. The number of hydrogen-bond acceptors (Lipinski definition) is 4. The summed E-state index contributed by atoms with van der Waals surface area (Å²) in [6.45, 7) is 0.125. The maximum atomic E-state index is 13.0. The number of amides is 2. The van der Waals surface area contributed by atoms with Gasteiger partial charge >= 0.3 is 6.03 Å². The summed E-state index contributed by atoms with van der Waals surface area (Å²) in [7, 11) is 0. The second-order valence-electron chi connectivity index (χ2n) is 6.33. The van der Waals surface area contributed by atoms with Crippen LogP contribution in [0.4, 0.5) is 10.5 Å². The molecule has 2 heterocycles. The highest BCUT2D eigenvalue weighted by Crippen LogP contribution is 2.30. The van der Waals surface area contributed by atoms with E-state index in [2.05, 4.69) is 15.3 Å². The largest absolute Gasteiger partial charge is 0.395 e. The molecule has 0 aliphatic heterocycles. The van der Waals surface area contributed by atoms with Gasteiger partial charge in [0, 0.05) is 35.1 Å². The predicted octanol–water partition coefficient (Wildman–Crippen LogP) is 3.84. The number of allylic oxidation sites excluding steroid dienone is 3. The van der Waals surface area contributed by atoms with Crippen LogP contribution in [0.5, 0.6) is 0 Å². The van der Waals surface area contributed by atoms with Gasteiger partial charge in [-0.25, -0.2) is 4.79 Å². The van der Waals surface area contributed by atoms with E-state index in [1.807, 2.05) is 42.5 Å². The number of urea groups is 1. The lowest BCUT2D eigenvalue weighted by Gasteiger charge is -2.25. The van der Waals surface area contributed by atoms with Crippen molar-refractivity contribution in [2.24, 2.45) is 0 Å². The molecule has 1 aromatic carbocycles. The van der Waals surface area contributed by atoms with Gasteiger partial charge in [-0.15, -0.1) is 0 Å². The first kappa shape index (κ1) is 17.2. The number of aromatic nitrogens is 2. The normalized spacial score (nSPS) is 13.6. The minimum absolute atomic E-state index is 0.107. The van der Waals surface area contributed by atoms with Crippen molar-refractivity contribution >= 4 is 33.4 Å². The van der Waals surface area contributed by atoms with Crippen LogP contribution in [-0.4, -0.2) is 39.2 Å². The van der Waals surface area contributed by atoms with Crippen LogP contribution >= 0.6 is 0 Å². The van der Waals surface area contributed by atoms with Gasteiger partial charge in [-0.1, -0.05) is 12.2 Å². The van der Waals surface area contributed by atoms with E-state index in [1.165, 1.54) is 0 Å². The van der Waals surface area contributed by atoms with Crippen LogP contribution in [0.2, 0.25) is 0 Å². The summed E-state index contributed by atoms with van der Waals surface area (Å²) in [6, 6.07) is 7.33. The molecule has 0 bridgehead atoms.